The van der Waals surface area contributed by atoms with Crippen molar-refractivity contribution in [3.05, 3.63) is 82.7 Å². The Balaban J connectivity index is 1.80. The summed E-state index contributed by atoms with van der Waals surface area (Å²) in [5.74, 6) is -1.04. The van der Waals surface area contributed by atoms with Crippen LogP contribution in [0.5, 0.6) is 0 Å². The first-order chi connectivity index (χ1) is 16.9. The van der Waals surface area contributed by atoms with Crippen molar-refractivity contribution in [3.8, 4) is 0 Å². The Morgan fingerprint density at radius 3 is 2.31 bits per heavy atom. The van der Waals surface area contributed by atoms with Crippen molar-refractivity contribution in [2.45, 2.75) is 20.0 Å². The van der Waals surface area contributed by atoms with Crippen molar-refractivity contribution < 1.29 is 27.6 Å². The lowest BCUT2D eigenvalue weighted by Gasteiger charge is -2.20. The minimum absolute atomic E-state index is 0.0327. The smallest absolute Gasteiger partial charge is 0.354 e. The Labute approximate surface area is 205 Å². The van der Waals surface area contributed by atoms with Crippen LogP contribution in [0.25, 0.3) is 0 Å². The second kappa shape index (κ2) is 10.5. The minimum atomic E-state index is -4.55. The highest BCUT2D eigenvalue weighted by molar-refractivity contribution is 6.07. The van der Waals surface area contributed by atoms with Gasteiger partial charge in [0.25, 0.3) is 11.8 Å². The predicted molar refractivity (Wildman–Crippen MR) is 130 cm³/mol. The van der Waals surface area contributed by atoms with Crippen LogP contribution in [0.15, 0.2) is 54.7 Å². The number of aryl methyl sites for hydroxylation is 1. The van der Waals surface area contributed by atoms with Crippen molar-refractivity contribution in [2.75, 3.05) is 29.6 Å². The van der Waals surface area contributed by atoms with E-state index in [0.29, 0.717) is 16.9 Å². The fourth-order valence-electron chi connectivity index (χ4n) is 3.37. The summed E-state index contributed by atoms with van der Waals surface area (Å²) in [4.78, 5) is 42.7. The first-order valence-corrected chi connectivity index (χ1v) is 10.7. The maximum atomic E-state index is 13.2. The average molecular weight is 499 g/mol. The highest BCUT2D eigenvalue weighted by Crippen LogP contribution is 2.34. The average Bonchev–Trinajstić information content (AvgIpc) is 2.84. The van der Waals surface area contributed by atoms with Gasteiger partial charge in [0.1, 0.15) is 5.69 Å². The second-order valence-corrected chi connectivity index (χ2v) is 7.93. The Bertz CT molecular complexity index is 1320. The highest BCUT2D eigenvalue weighted by Gasteiger charge is 2.33. The molecule has 4 amide bonds. The molecule has 0 bridgehead atoms. The summed E-state index contributed by atoms with van der Waals surface area (Å²) in [6.07, 6.45) is -3.15. The molecule has 0 aliphatic rings. The van der Waals surface area contributed by atoms with E-state index in [1.165, 1.54) is 62.4 Å². The van der Waals surface area contributed by atoms with E-state index in [4.69, 9.17) is 0 Å². The van der Waals surface area contributed by atoms with Crippen LogP contribution in [0.3, 0.4) is 0 Å². The molecule has 3 aromatic rings. The largest absolute Gasteiger partial charge is 0.416 e. The number of pyridine rings is 1. The molecular formula is C25H24F3N5O3. The number of anilines is 3. The van der Waals surface area contributed by atoms with Gasteiger partial charge in [0.2, 0.25) is 0 Å². The number of aromatic nitrogens is 1. The highest BCUT2D eigenvalue weighted by atomic mass is 19.4. The van der Waals surface area contributed by atoms with Gasteiger partial charge in [-0.25, -0.2) is 4.79 Å². The van der Waals surface area contributed by atoms with Crippen LogP contribution >= 0.6 is 0 Å². The molecule has 0 aliphatic carbocycles. The van der Waals surface area contributed by atoms with Gasteiger partial charge in [0.15, 0.2) is 0 Å². The fraction of sp³-hybridized carbons (Fsp3) is 0.200. The van der Waals surface area contributed by atoms with Crippen LogP contribution in [0.4, 0.5) is 35.0 Å². The molecule has 0 aliphatic heterocycles. The Morgan fingerprint density at radius 2 is 1.64 bits per heavy atom. The van der Waals surface area contributed by atoms with Gasteiger partial charge >= 0.3 is 12.2 Å². The lowest BCUT2D eigenvalue weighted by molar-refractivity contribution is -0.138. The molecule has 0 unspecified atom stereocenters. The molecule has 0 saturated heterocycles. The zero-order valence-corrected chi connectivity index (χ0v) is 19.9. The first kappa shape index (κ1) is 26.2. The summed E-state index contributed by atoms with van der Waals surface area (Å²) in [5.41, 5.74) is 0.767. The number of amides is 4. The minimum Gasteiger partial charge on any atom is -0.354 e. The van der Waals surface area contributed by atoms with Crippen LogP contribution in [-0.4, -0.2) is 36.9 Å². The van der Waals surface area contributed by atoms with Crippen LogP contribution in [0.1, 0.15) is 37.5 Å². The normalized spacial score (nSPS) is 11.0. The molecule has 0 fully saturated rings. The summed E-state index contributed by atoms with van der Waals surface area (Å²) in [5, 5.41) is 7.67. The molecule has 0 radical (unpaired) electrons. The molecule has 8 nitrogen and oxygen atoms in total. The fourth-order valence-corrected chi connectivity index (χ4v) is 3.37. The Kier molecular flexibility index (Phi) is 7.62. The number of nitrogens with zero attached hydrogens (tertiary/aromatic N) is 2. The number of benzene rings is 2. The SMILES string of the molecule is CNC(=O)c1cc(N(C)C(=O)Nc2cc(C(=O)Nc3cccc(C(F)(F)F)c3C)ccc2C)ccn1. The van der Waals surface area contributed by atoms with Crippen molar-refractivity contribution in [2.24, 2.45) is 0 Å². The third-order valence-electron chi connectivity index (χ3n) is 5.52. The van der Waals surface area contributed by atoms with Gasteiger partial charge in [-0.1, -0.05) is 12.1 Å². The third kappa shape index (κ3) is 5.80. The van der Waals surface area contributed by atoms with Crippen molar-refractivity contribution in [1.82, 2.24) is 10.3 Å². The maximum Gasteiger partial charge on any atom is 0.416 e. The summed E-state index contributed by atoms with van der Waals surface area (Å²) < 4.78 is 39.6. The molecule has 1 aromatic heterocycles. The number of halogens is 3. The topological polar surface area (TPSA) is 103 Å². The number of rotatable bonds is 5. The molecular weight excluding hydrogens is 475 g/mol. The van der Waals surface area contributed by atoms with E-state index in [1.54, 1.807) is 19.1 Å². The Hall–Kier alpha value is -4.41. The molecule has 11 heteroatoms. The zero-order valence-electron chi connectivity index (χ0n) is 19.9. The van der Waals surface area contributed by atoms with Crippen molar-refractivity contribution in [1.29, 1.82) is 0 Å². The Morgan fingerprint density at radius 1 is 0.917 bits per heavy atom. The summed E-state index contributed by atoms with van der Waals surface area (Å²) in [6, 6.07) is 10.6. The molecule has 0 spiro atoms. The summed E-state index contributed by atoms with van der Waals surface area (Å²) in [6.45, 7) is 3.01. The van der Waals surface area contributed by atoms with E-state index in [9.17, 15) is 27.6 Å². The van der Waals surface area contributed by atoms with Gasteiger partial charge in [-0.05, 0) is 61.4 Å². The lowest BCUT2D eigenvalue weighted by atomic mass is 10.1. The lowest BCUT2D eigenvalue weighted by Crippen LogP contribution is -2.32. The number of hydrogen-bond donors (Lipinski definition) is 3. The standard InChI is InChI=1S/C25H24F3N5O3/c1-14-8-9-16(22(34)31-19-7-5-6-18(15(19)2)25(26,27)28)12-20(14)32-24(36)33(4)17-10-11-30-21(13-17)23(35)29-3/h5-13H,1-4H3,(H,29,35)(H,31,34)(H,32,36). The molecule has 2 aromatic carbocycles. The van der Waals surface area contributed by atoms with Crippen molar-refractivity contribution >= 4 is 34.9 Å². The van der Waals surface area contributed by atoms with Gasteiger partial charge < -0.3 is 16.0 Å². The number of carbonyl (C=O) groups is 3. The maximum absolute atomic E-state index is 13.2. The quantitative estimate of drug-likeness (QED) is 0.460. The second-order valence-electron chi connectivity index (χ2n) is 7.93. The van der Waals surface area contributed by atoms with E-state index < -0.39 is 29.6 Å². The first-order valence-electron chi connectivity index (χ1n) is 10.7. The van der Waals surface area contributed by atoms with E-state index >= 15 is 0 Å². The number of carbonyl (C=O) groups excluding carboxylic acids is 3. The number of urea groups is 1. The molecule has 0 saturated carbocycles. The van der Waals surface area contributed by atoms with Gasteiger partial charge in [-0.15, -0.1) is 0 Å². The number of alkyl halides is 3. The van der Waals surface area contributed by atoms with Gasteiger partial charge in [0.05, 0.1) is 5.56 Å². The van der Waals surface area contributed by atoms with E-state index in [1.807, 2.05) is 0 Å². The molecule has 1 heterocycles. The van der Waals surface area contributed by atoms with Crippen LogP contribution in [0.2, 0.25) is 0 Å². The van der Waals surface area contributed by atoms with Gasteiger partial charge in [0, 0.05) is 42.9 Å². The van der Waals surface area contributed by atoms with Crippen LogP contribution < -0.4 is 20.9 Å². The van der Waals surface area contributed by atoms with E-state index in [-0.39, 0.29) is 22.5 Å². The predicted octanol–water partition coefficient (Wildman–Crippen LogP) is 5.00. The van der Waals surface area contributed by atoms with Gasteiger partial charge in [-0.2, -0.15) is 13.2 Å². The molecule has 188 valence electrons. The van der Waals surface area contributed by atoms with Crippen LogP contribution in [-0.2, 0) is 6.18 Å². The molecule has 36 heavy (non-hydrogen) atoms. The van der Waals surface area contributed by atoms with Crippen molar-refractivity contribution in [3.63, 3.8) is 0 Å². The zero-order chi connectivity index (χ0) is 26.6. The number of hydrogen-bond acceptors (Lipinski definition) is 4. The van der Waals surface area contributed by atoms with Gasteiger partial charge in [-0.3, -0.25) is 19.5 Å². The van der Waals surface area contributed by atoms with E-state index in [0.717, 1.165) is 6.07 Å². The molecule has 3 rings (SSSR count). The molecule has 0 atom stereocenters. The monoisotopic (exact) mass is 499 g/mol. The summed E-state index contributed by atoms with van der Waals surface area (Å²) >= 11 is 0. The van der Waals surface area contributed by atoms with Crippen LogP contribution in [0, 0.1) is 13.8 Å². The van der Waals surface area contributed by atoms with E-state index in [2.05, 4.69) is 20.9 Å². The third-order valence-corrected chi connectivity index (χ3v) is 5.52. The molecule has 3 N–H and O–H groups in total. The number of nitrogens with one attached hydrogen (secondary N) is 3. The summed E-state index contributed by atoms with van der Waals surface area (Å²) in [7, 11) is 2.97.